The molecule has 6 heterocycles. The third kappa shape index (κ3) is 9.61. The van der Waals surface area contributed by atoms with Crippen LogP contribution in [0, 0.1) is 17.2 Å². The molecule has 2 aromatic carbocycles. The summed E-state index contributed by atoms with van der Waals surface area (Å²) in [5.74, 6) is 2.00. The number of halogens is 3. The van der Waals surface area contributed by atoms with Crippen LogP contribution in [-0.4, -0.2) is 95.8 Å². The number of likely N-dealkylation sites (tertiary alicyclic amines) is 1. The standard InChI is InChI=1S/C51H60ClF2N11O3/c1-32(66)62-21-17-47-45(31-62)50(63-18-3-4-34-22-43(36-26-56-60(2)29-36)44(49(53)54)24-48(34)63)59-65(47)40-15-19-61(20-16-40)28-33-5-10-39(11-6-33)64-30-37(27-57-64)51(67)58-38-8-13-41(14-9-38)68-42-12-7-35(25-55)46(52)23-42/h7,12,22-24,26-27,29-30,33,38-41,49H,3-6,8-11,13-21,28,31H2,1-2H3,(H,58,67). The van der Waals surface area contributed by atoms with Crippen LogP contribution in [0.5, 0.6) is 5.75 Å². The summed E-state index contributed by atoms with van der Waals surface area (Å²) in [7, 11) is 1.79. The monoisotopic (exact) mass is 947 g/mol. The number of fused-ring (bicyclic) bond motifs is 2. The van der Waals surface area contributed by atoms with Crippen molar-refractivity contribution < 1.29 is 23.1 Å². The molecule has 0 atom stereocenters. The van der Waals surface area contributed by atoms with E-state index in [-0.39, 0.29) is 41.6 Å². The van der Waals surface area contributed by atoms with Gasteiger partial charge in [0.05, 0.1) is 53.3 Å². The van der Waals surface area contributed by atoms with Crippen LogP contribution >= 0.6 is 11.6 Å². The summed E-state index contributed by atoms with van der Waals surface area (Å²) in [6.45, 7) is 6.41. The summed E-state index contributed by atoms with van der Waals surface area (Å²) in [6.07, 6.45) is 16.3. The van der Waals surface area contributed by atoms with Gasteiger partial charge in [-0.15, -0.1) is 0 Å². The third-order valence-electron chi connectivity index (χ3n) is 15.2. The number of aromatic nitrogens is 6. The number of rotatable bonds is 11. The van der Waals surface area contributed by atoms with Crippen molar-refractivity contribution >= 4 is 34.9 Å². The minimum Gasteiger partial charge on any atom is -0.490 e. The highest BCUT2D eigenvalue weighted by Gasteiger charge is 2.36. The van der Waals surface area contributed by atoms with E-state index in [0.717, 1.165) is 119 Å². The first kappa shape index (κ1) is 46.0. The van der Waals surface area contributed by atoms with Crippen molar-refractivity contribution in [2.24, 2.45) is 13.0 Å². The molecule has 0 spiro atoms. The first-order valence-electron chi connectivity index (χ1n) is 24.5. The number of ether oxygens (including phenoxy) is 1. The maximum atomic E-state index is 14.8. The lowest BCUT2D eigenvalue weighted by Gasteiger charge is -2.37. The number of piperidine rings is 1. The second kappa shape index (κ2) is 19.7. The van der Waals surface area contributed by atoms with Crippen LogP contribution in [0.15, 0.2) is 55.1 Å². The molecule has 0 unspecified atom stereocenters. The number of aryl methyl sites for hydroxylation is 2. The Morgan fingerprint density at radius 1 is 0.926 bits per heavy atom. The van der Waals surface area contributed by atoms with Gasteiger partial charge in [-0.3, -0.25) is 23.6 Å². The van der Waals surface area contributed by atoms with Crippen LogP contribution in [0.3, 0.4) is 0 Å². The molecule has 10 rings (SSSR count). The van der Waals surface area contributed by atoms with E-state index in [1.54, 1.807) is 61.5 Å². The van der Waals surface area contributed by atoms with Crippen LogP contribution in [0.4, 0.5) is 20.3 Å². The molecule has 0 radical (unpaired) electrons. The molecule has 5 aliphatic rings. The van der Waals surface area contributed by atoms with Gasteiger partial charge in [0.2, 0.25) is 5.91 Å². The molecule has 3 aromatic heterocycles. The number of carbonyl (C=O) groups is 2. The zero-order chi connectivity index (χ0) is 47.1. The molecule has 3 aliphatic heterocycles. The molecule has 2 aliphatic carbocycles. The van der Waals surface area contributed by atoms with Crippen molar-refractivity contribution in [3.05, 3.63) is 93.7 Å². The van der Waals surface area contributed by atoms with Crippen LogP contribution < -0.4 is 15.0 Å². The first-order chi connectivity index (χ1) is 33.0. The van der Waals surface area contributed by atoms with Gasteiger partial charge in [0.15, 0.2) is 5.82 Å². The second-order valence-electron chi connectivity index (χ2n) is 19.6. The van der Waals surface area contributed by atoms with Crippen LogP contribution in [0.25, 0.3) is 11.1 Å². The lowest BCUT2D eigenvalue weighted by Crippen LogP contribution is -2.40. The number of alkyl halides is 2. The highest BCUT2D eigenvalue weighted by atomic mass is 35.5. The van der Waals surface area contributed by atoms with E-state index in [2.05, 4.69) is 36.1 Å². The Bertz CT molecular complexity index is 2680. The second-order valence-corrected chi connectivity index (χ2v) is 20.1. The molecule has 17 heteroatoms. The molecule has 2 saturated carbocycles. The fourth-order valence-electron chi connectivity index (χ4n) is 11.5. The van der Waals surface area contributed by atoms with E-state index in [0.29, 0.717) is 65.0 Å². The number of nitriles is 1. The number of hydrogen-bond acceptors (Lipinski definition) is 9. The summed E-state index contributed by atoms with van der Waals surface area (Å²) < 4.78 is 41.5. The van der Waals surface area contributed by atoms with Crippen molar-refractivity contribution in [1.29, 1.82) is 5.26 Å². The zero-order valence-electron chi connectivity index (χ0n) is 38.9. The SMILES string of the molecule is CC(=O)N1CCc2c(c(N3CCCc4cc(-c5cnn(C)c5)c(C(F)F)cc43)nn2C2CCN(CC3CCC(n4cc(C(=O)NC5CCC(Oc6ccc(C#N)c(Cl)c6)CC5)cn4)CC3)CC2)C1. The molecule has 1 saturated heterocycles. The number of nitrogens with one attached hydrogen (secondary N) is 1. The maximum Gasteiger partial charge on any atom is 0.264 e. The van der Waals surface area contributed by atoms with Crippen molar-refractivity contribution in [1.82, 2.24) is 44.5 Å². The quantitative estimate of drug-likeness (QED) is 0.137. The highest BCUT2D eigenvalue weighted by molar-refractivity contribution is 6.31. The Kier molecular flexibility index (Phi) is 13.3. The molecule has 3 fully saturated rings. The van der Waals surface area contributed by atoms with Crippen LogP contribution in [0.1, 0.15) is 134 Å². The van der Waals surface area contributed by atoms with Gasteiger partial charge in [0.25, 0.3) is 12.3 Å². The number of anilines is 2. The van der Waals surface area contributed by atoms with Crippen molar-refractivity contribution in [2.45, 2.75) is 128 Å². The summed E-state index contributed by atoms with van der Waals surface area (Å²) in [6, 6.07) is 11.4. The van der Waals surface area contributed by atoms with Gasteiger partial charge in [0.1, 0.15) is 11.8 Å². The smallest absolute Gasteiger partial charge is 0.264 e. The summed E-state index contributed by atoms with van der Waals surface area (Å²) in [5, 5.41) is 27.0. The molecular weight excluding hydrogens is 888 g/mol. The molecule has 1 N–H and O–H groups in total. The Morgan fingerprint density at radius 3 is 2.43 bits per heavy atom. The normalized spacial score (nSPS) is 22.4. The van der Waals surface area contributed by atoms with Crippen LogP contribution in [-0.2, 0) is 31.2 Å². The van der Waals surface area contributed by atoms with Gasteiger partial charge >= 0.3 is 0 Å². The predicted octanol–water partition coefficient (Wildman–Crippen LogP) is 9.12. The number of amides is 2. The molecular formula is C51H60ClF2N11O3. The molecule has 14 nitrogen and oxygen atoms in total. The van der Waals surface area contributed by atoms with Crippen LogP contribution in [0.2, 0.25) is 5.02 Å². The number of benzene rings is 2. The topological polar surface area (TPSA) is 142 Å². The van der Waals surface area contributed by atoms with Gasteiger partial charge < -0.3 is 24.8 Å². The van der Waals surface area contributed by atoms with Gasteiger partial charge in [-0.05, 0) is 118 Å². The Balaban J connectivity index is 0.730. The zero-order valence-corrected chi connectivity index (χ0v) is 39.7. The third-order valence-corrected chi connectivity index (χ3v) is 15.5. The predicted molar refractivity (Wildman–Crippen MR) is 254 cm³/mol. The van der Waals surface area contributed by atoms with Crippen molar-refractivity contribution in [3.8, 4) is 22.9 Å². The largest absolute Gasteiger partial charge is 0.490 e. The van der Waals surface area contributed by atoms with E-state index in [9.17, 15) is 18.4 Å². The van der Waals surface area contributed by atoms with Gasteiger partial charge in [-0.2, -0.15) is 20.6 Å². The number of hydrogen-bond donors (Lipinski definition) is 1. The van der Waals surface area contributed by atoms with E-state index < -0.39 is 6.43 Å². The number of nitrogens with zero attached hydrogens (tertiary/aromatic N) is 10. The highest BCUT2D eigenvalue weighted by Crippen LogP contribution is 2.44. The lowest BCUT2D eigenvalue weighted by molar-refractivity contribution is -0.129. The van der Waals surface area contributed by atoms with Gasteiger partial charge in [-0.25, -0.2) is 8.78 Å². The van der Waals surface area contributed by atoms with E-state index in [1.807, 2.05) is 21.8 Å². The fraction of sp³-hybridized carbons (Fsp3) is 0.529. The Morgan fingerprint density at radius 2 is 1.72 bits per heavy atom. The molecule has 0 bridgehead atoms. The Labute approximate surface area is 401 Å². The van der Waals surface area contributed by atoms with E-state index in [1.165, 1.54) is 5.69 Å². The average Bonchev–Trinajstić information content (AvgIpc) is 4.11. The van der Waals surface area contributed by atoms with Gasteiger partial charge in [-0.1, -0.05) is 11.6 Å². The molecule has 5 aromatic rings. The van der Waals surface area contributed by atoms with Crippen molar-refractivity contribution in [2.75, 3.05) is 37.6 Å². The minimum absolute atomic E-state index is 0.00892. The van der Waals surface area contributed by atoms with E-state index in [4.69, 9.17) is 26.7 Å². The fourth-order valence-corrected chi connectivity index (χ4v) is 11.7. The van der Waals surface area contributed by atoms with E-state index >= 15 is 0 Å². The Hall–Kier alpha value is -5.79. The van der Waals surface area contributed by atoms with Gasteiger partial charge in [0, 0.05) is 106 Å². The summed E-state index contributed by atoms with van der Waals surface area (Å²) in [5.41, 5.74) is 6.22. The first-order valence-corrected chi connectivity index (χ1v) is 24.9. The maximum absolute atomic E-state index is 14.8. The number of carbonyl (C=O) groups excluding carboxylic acids is 2. The molecule has 68 heavy (non-hydrogen) atoms. The minimum atomic E-state index is -2.65. The molecule has 2 amide bonds. The summed E-state index contributed by atoms with van der Waals surface area (Å²) >= 11 is 6.19. The molecule has 358 valence electrons. The van der Waals surface area contributed by atoms with Crippen molar-refractivity contribution in [3.63, 3.8) is 0 Å². The summed E-state index contributed by atoms with van der Waals surface area (Å²) in [4.78, 5) is 32.6. The lowest BCUT2D eigenvalue weighted by atomic mass is 9.85. The average molecular weight is 949 g/mol.